The summed E-state index contributed by atoms with van der Waals surface area (Å²) < 4.78 is 10.8. The number of rotatable bonds is 5. The predicted octanol–water partition coefficient (Wildman–Crippen LogP) is -0.129. The van der Waals surface area contributed by atoms with Gasteiger partial charge in [-0.1, -0.05) is 0 Å². The summed E-state index contributed by atoms with van der Waals surface area (Å²) in [5, 5.41) is 6.11. The average Bonchev–Trinajstić information content (AvgIpc) is 2.25. The Hall–Kier alpha value is -0.420. The van der Waals surface area contributed by atoms with E-state index in [1.54, 1.807) is 6.26 Å². The summed E-state index contributed by atoms with van der Waals surface area (Å²) in [6, 6.07) is 0. The van der Waals surface area contributed by atoms with Gasteiger partial charge in [0.15, 0.2) is 0 Å². The van der Waals surface area contributed by atoms with Crippen molar-refractivity contribution < 1.29 is 9.00 Å². The highest BCUT2D eigenvalue weighted by Crippen LogP contribution is 2.09. The van der Waals surface area contributed by atoms with Crippen molar-refractivity contribution in [3.63, 3.8) is 0 Å². The largest absolute Gasteiger partial charge is 0.356 e. The van der Waals surface area contributed by atoms with Crippen molar-refractivity contribution in [3.8, 4) is 0 Å². The van der Waals surface area contributed by atoms with Crippen molar-refractivity contribution in [2.24, 2.45) is 5.92 Å². The predicted molar refractivity (Wildman–Crippen MR) is 62.2 cm³/mol. The number of amides is 1. The van der Waals surface area contributed by atoms with Crippen LogP contribution < -0.4 is 10.6 Å². The van der Waals surface area contributed by atoms with Gasteiger partial charge in [-0.25, -0.2) is 0 Å². The van der Waals surface area contributed by atoms with E-state index < -0.39 is 10.8 Å². The van der Waals surface area contributed by atoms with E-state index in [4.69, 9.17) is 0 Å². The van der Waals surface area contributed by atoms with Gasteiger partial charge in [0.2, 0.25) is 5.91 Å². The van der Waals surface area contributed by atoms with Gasteiger partial charge in [0.25, 0.3) is 0 Å². The van der Waals surface area contributed by atoms with Crippen LogP contribution in [0.4, 0.5) is 0 Å². The summed E-state index contributed by atoms with van der Waals surface area (Å²) in [4.78, 5) is 11.6. The molecule has 0 spiro atoms. The van der Waals surface area contributed by atoms with Crippen LogP contribution in [-0.4, -0.2) is 41.8 Å². The van der Waals surface area contributed by atoms with Crippen LogP contribution in [0.15, 0.2) is 0 Å². The molecule has 0 radical (unpaired) electrons. The zero-order valence-electron chi connectivity index (χ0n) is 9.25. The third-order valence-corrected chi connectivity index (χ3v) is 3.44. The number of hydrogen-bond donors (Lipinski definition) is 2. The maximum Gasteiger partial charge on any atom is 0.224 e. The Morgan fingerprint density at radius 1 is 1.60 bits per heavy atom. The van der Waals surface area contributed by atoms with Crippen molar-refractivity contribution >= 4 is 16.7 Å². The highest BCUT2D eigenvalue weighted by molar-refractivity contribution is 7.84. The molecule has 1 fully saturated rings. The Morgan fingerprint density at radius 3 is 3.00 bits per heavy atom. The van der Waals surface area contributed by atoms with Crippen molar-refractivity contribution in [2.75, 3.05) is 31.6 Å². The molecule has 1 aliphatic heterocycles. The van der Waals surface area contributed by atoms with Crippen LogP contribution in [0.25, 0.3) is 0 Å². The van der Waals surface area contributed by atoms with Crippen molar-refractivity contribution in [1.29, 1.82) is 0 Å². The van der Waals surface area contributed by atoms with Gasteiger partial charge < -0.3 is 10.6 Å². The van der Waals surface area contributed by atoms with Gasteiger partial charge in [-0.05, 0) is 25.8 Å². The summed E-state index contributed by atoms with van der Waals surface area (Å²) in [7, 11) is -0.749. The average molecular weight is 232 g/mol. The molecule has 5 heteroatoms. The minimum Gasteiger partial charge on any atom is -0.356 e. The molecule has 0 aliphatic carbocycles. The zero-order valence-corrected chi connectivity index (χ0v) is 10.1. The third-order valence-electron chi connectivity index (χ3n) is 2.58. The first kappa shape index (κ1) is 12.6. The maximum absolute atomic E-state index is 11.6. The van der Waals surface area contributed by atoms with Crippen LogP contribution in [0.3, 0.4) is 0 Å². The fraction of sp³-hybridized carbons (Fsp3) is 0.900. The highest BCUT2D eigenvalue weighted by atomic mass is 32.2. The van der Waals surface area contributed by atoms with Crippen LogP contribution >= 0.6 is 0 Å². The van der Waals surface area contributed by atoms with Gasteiger partial charge in [0, 0.05) is 35.9 Å². The standard InChI is InChI=1S/C10H20N2O2S/c1-15(14)7-3-6-12-10(13)9-4-2-5-11-8-9/h9,11H,2-8H2,1H3,(H,12,13). The second-order valence-electron chi connectivity index (χ2n) is 3.97. The highest BCUT2D eigenvalue weighted by Gasteiger charge is 2.19. The molecule has 2 unspecified atom stereocenters. The van der Waals surface area contributed by atoms with E-state index >= 15 is 0 Å². The fourth-order valence-electron chi connectivity index (χ4n) is 1.71. The summed E-state index contributed by atoms with van der Waals surface area (Å²) in [6.45, 7) is 2.47. The summed E-state index contributed by atoms with van der Waals surface area (Å²) in [5.74, 6) is 0.943. The molecule has 4 nitrogen and oxygen atoms in total. The van der Waals surface area contributed by atoms with Gasteiger partial charge in [0.05, 0.1) is 5.92 Å². The van der Waals surface area contributed by atoms with Crippen LogP contribution in [0.5, 0.6) is 0 Å². The minimum absolute atomic E-state index is 0.130. The molecule has 0 aromatic carbocycles. The van der Waals surface area contributed by atoms with E-state index in [1.807, 2.05) is 0 Å². The molecule has 0 aromatic rings. The second-order valence-corrected chi connectivity index (χ2v) is 5.52. The van der Waals surface area contributed by atoms with Gasteiger partial charge in [-0.3, -0.25) is 9.00 Å². The lowest BCUT2D eigenvalue weighted by Gasteiger charge is -2.21. The topological polar surface area (TPSA) is 58.2 Å². The molecule has 1 aliphatic rings. The van der Waals surface area contributed by atoms with Crippen LogP contribution in [0.1, 0.15) is 19.3 Å². The SMILES string of the molecule is CS(=O)CCCNC(=O)C1CCCNC1. The number of carbonyl (C=O) groups is 1. The van der Waals surface area contributed by atoms with Crippen LogP contribution in [0, 0.1) is 5.92 Å². The van der Waals surface area contributed by atoms with Crippen molar-refractivity contribution in [3.05, 3.63) is 0 Å². The van der Waals surface area contributed by atoms with E-state index in [9.17, 15) is 9.00 Å². The minimum atomic E-state index is -0.749. The molecule has 0 aromatic heterocycles. The van der Waals surface area contributed by atoms with E-state index in [1.165, 1.54) is 0 Å². The number of carbonyl (C=O) groups excluding carboxylic acids is 1. The number of hydrogen-bond acceptors (Lipinski definition) is 3. The Labute approximate surface area is 93.7 Å². The Kier molecular flexibility index (Phi) is 5.86. The van der Waals surface area contributed by atoms with Crippen molar-refractivity contribution in [1.82, 2.24) is 10.6 Å². The van der Waals surface area contributed by atoms with Crippen LogP contribution in [0.2, 0.25) is 0 Å². The molecule has 2 N–H and O–H groups in total. The molecule has 1 amide bonds. The molecule has 2 atom stereocenters. The molecule has 0 saturated carbocycles. The molecular formula is C10H20N2O2S. The van der Waals surface area contributed by atoms with Gasteiger partial charge in [-0.2, -0.15) is 0 Å². The number of piperidine rings is 1. The van der Waals surface area contributed by atoms with Gasteiger partial charge in [0.1, 0.15) is 0 Å². The molecule has 1 saturated heterocycles. The molecular weight excluding hydrogens is 212 g/mol. The third kappa shape index (κ3) is 5.28. The van der Waals surface area contributed by atoms with E-state index in [0.717, 1.165) is 32.4 Å². The van der Waals surface area contributed by atoms with E-state index in [0.29, 0.717) is 12.3 Å². The molecule has 88 valence electrons. The maximum atomic E-state index is 11.6. The fourth-order valence-corrected chi connectivity index (χ4v) is 2.26. The molecule has 1 heterocycles. The van der Waals surface area contributed by atoms with Gasteiger partial charge in [-0.15, -0.1) is 0 Å². The zero-order chi connectivity index (χ0) is 11.1. The Morgan fingerprint density at radius 2 is 2.40 bits per heavy atom. The molecule has 1 rings (SSSR count). The normalized spacial score (nSPS) is 23.4. The second kappa shape index (κ2) is 6.95. The lowest BCUT2D eigenvalue weighted by Crippen LogP contribution is -2.40. The van der Waals surface area contributed by atoms with Crippen LogP contribution in [-0.2, 0) is 15.6 Å². The molecule has 0 bridgehead atoms. The smallest absolute Gasteiger partial charge is 0.224 e. The van der Waals surface area contributed by atoms with Crippen molar-refractivity contribution in [2.45, 2.75) is 19.3 Å². The summed E-state index contributed by atoms with van der Waals surface area (Å²) in [6.07, 6.45) is 4.55. The first-order valence-electron chi connectivity index (χ1n) is 5.48. The summed E-state index contributed by atoms with van der Waals surface area (Å²) in [5.41, 5.74) is 0. The Bertz CT molecular complexity index is 227. The molecule has 15 heavy (non-hydrogen) atoms. The Balaban J connectivity index is 2.09. The lowest BCUT2D eigenvalue weighted by molar-refractivity contribution is -0.125. The van der Waals surface area contributed by atoms with Gasteiger partial charge >= 0.3 is 0 Å². The van der Waals surface area contributed by atoms with E-state index in [-0.39, 0.29) is 11.8 Å². The van der Waals surface area contributed by atoms with E-state index in [2.05, 4.69) is 10.6 Å². The lowest BCUT2D eigenvalue weighted by atomic mass is 9.99. The first-order valence-corrected chi connectivity index (χ1v) is 7.21. The number of nitrogens with one attached hydrogen (secondary N) is 2. The first-order chi connectivity index (χ1) is 7.20. The summed E-state index contributed by atoms with van der Waals surface area (Å²) >= 11 is 0. The quantitative estimate of drug-likeness (QED) is 0.649. The monoisotopic (exact) mass is 232 g/mol.